The largest absolute Gasteiger partial charge is 0.494 e. The van der Waals surface area contributed by atoms with E-state index in [1.807, 2.05) is 20.8 Å². The molecule has 0 fully saturated rings. The SMILES string of the molecule is CCCOc1ccc(-c2cc(CC(=O)OCC(C)C)on2)c(C(F)(F)F)c1. The Kier molecular flexibility index (Phi) is 6.87. The first kappa shape index (κ1) is 20.8. The molecule has 27 heavy (non-hydrogen) atoms. The van der Waals surface area contributed by atoms with Crippen molar-refractivity contribution < 1.29 is 32.0 Å². The molecule has 5 nitrogen and oxygen atoms in total. The number of halogens is 3. The molecular weight excluding hydrogens is 363 g/mol. The van der Waals surface area contributed by atoms with Crippen LogP contribution in [0.3, 0.4) is 0 Å². The maximum atomic E-state index is 13.4. The summed E-state index contributed by atoms with van der Waals surface area (Å²) in [6, 6.07) is 4.99. The number of aromatic nitrogens is 1. The van der Waals surface area contributed by atoms with Crippen molar-refractivity contribution in [1.82, 2.24) is 5.16 Å². The second kappa shape index (κ2) is 8.92. The van der Waals surface area contributed by atoms with Gasteiger partial charge >= 0.3 is 12.1 Å². The molecule has 1 aromatic heterocycles. The number of ether oxygens (including phenoxy) is 2. The van der Waals surface area contributed by atoms with Gasteiger partial charge in [-0.25, -0.2) is 0 Å². The van der Waals surface area contributed by atoms with E-state index < -0.39 is 17.7 Å². The van der Waals surface area contributed by atoms with E-state index in [0.29, 0.717) is 13.0 Å². The summed E-state index contributed by atoms with van der Waals surface area (Å²) >= 11 is 0. The van der Waals surface area contributed by atoms with Crippen molar-refractivity contribution in [3.05, 3.63) is 35.6 Å². The first-order valence-electron chi connectivity index (χ1n) is 8.66. The Morgan fingerprint density at radius 2 is 2.00 bits per heavy atom. The summed E-state index contributed by atoms with van der Waals surface area (Å²) in [6.07, 6.45) is -4.10. The fourth-order valence-electron chi connectivity index (χ4n) is 2.27. The molecular formula is C19H22F3NO4. The zero-order valence-corrected chi connectivity index (χ0v) is 15.4. The molecule has 1 aromatic carbocycles. The number of hydrogen-bond donors (Lipinski definition) is 0. The predicted molar refractivity (Wildman–Crippen MR) is 92.2 cm³/mol. The van der Waals surface area contributed by atoms with Gasteiger partial charge in [-0.05, 0) is 30.5 Å². The summed E-state index contributed by atoms with van der Waals surface area (Å²) in [6.45, 7) is 6.24. The molecule has 2 aromatic rings. The second-order valence-corrected chi connectivity index (χ2v) is 6.49. The molecule has 0 saturated carbocycles. The lowest BCUT2D eigenvalue weighted by Gasteiger charge is -2.13. The smallest absolute Gasteiger partial charge is 0.417 e. The van der Waals surface area contributed by atoms with Crippen molar-refractivity contribution in [2.45, 2.75) is 39.8 Å². The van der Waals surface area contributed by atoms with Gasteiger partial charge in [0.1, 0.15) is 23.6 Å². The minimum absolute atomic E-state index is 0.00368. The second-order valence-electron chi connectivity index (χ2n) is 6.49. The predicted octanol–water partition coefficient (Wildman–Crippen LogP) is 4.89. The maximum Gasteiger partial charge on any atom is 0.417 e. The number of carbonyl (C=O) groups excluding carboxylic acids is 1. The highest BCUT2D eigenvalue weighted by molar-refractivity contribution is 5.73. The lowest BCUT2D eigenvalue weighted by Crippen LogP contribution is -2.11. The van der Waals surface area contributed by atoms with Crippen molar-refractivity contribution in [3.8, 4) is 17.0 Å². The van der Waals surface area contributed by atoms with E-state index >= 15 is 0 Å². The lowest BCUT2D eigenvalue weighted by molar-refractivity contribution is -0.144. The molecule has 0 aliphatic rings. The van der Waals surface area contributed by atoms with Gasteiger partial charge in [-0.3, -0.25) is 4.79 Å². The van der Waals surface area contributed by atoms with Crippen LogP contribution in [0, 0.1) is 5.92 Å². The molecule has 0 unspecified atom stereocenters. The summed E-state index contributed by atoms with van der Waals surface area (Å²) in [5, 5.41) is 3.68. The van der Waals surface area contributed by atoms with Gasteiger partial charge in [-0.1, -0.05) is 25.9 Å². The van der Waals surface area contributed by atoms with E-state index in [9.17, 15) is 18.0 Å². The monoisotopic (exact) mass is 385 g/mol. The van der Waals surface area contributed by atoms with Crippen LogP contribution in [0.4, 0.5) is 13.2 Å². The molecule has 0 atom stereocenters. The average molecular weight is 385 g/mol. The van der Waals surface area contributed by atoms with Crippen LogP contribution >= 0.6 is 0 Å². The van der Waals surface area contributed by atoms with Crippen molar-refractivity contribution in [3.63, 3.8) is 0 Å². The van der Waals surface area contributed by atoms with Gasteiger partial charge < -0.3 is 14.0 Å². The molecule has 1 heterocycles. The van der Waals surface area contributed by atoms with Gasteiger partial charge in [-0.2, -0.15) is 13.2 Å². The molecule has 148 valence electrons. The Bertz CT molecular complexity index is 769. The molecule has 0 aliphatic carbocycles. The first-order chi connectivity index (χ1) is 12.7. The molecule has 0 spiro atoms. The summed E-state index contributed by atoms with van der Waals surface area (Å²) in [4.78, 5) is 11.7. The lowest BCUT2D eigenvalue weighted by atomic mass is 10.0. The van der Waals surface area contributed by atoms with Crippen LogP contribution in [0.15, 0.2) is 28.8 Å². The highest BCUT2D eigenvalue weighted by Gasteiger charge is 2.35. The molecule has 0 bridgehead atoms. The number of nitrogens with zero attached hydrogens (tertiary/aromatic N) is 1. The van der Waals surface area contributed by atoms with Crippen molar-refractivity contribution in [2.75, 3.05) is 13.2 Å². The van der Waals surface area contributed by atoms with E-state index in [0.717, 1.165) is 6.07 Å². The standard InChI is InChI=1S/C19H22F3NO4/c1-4-7-25-13-5-6-15(16(8-13)19(20,21)22)17-9-14(27-23-17)10-18(24)26-11-12(2)3/h5-6,8-9,12H,4,7,10-11H2,1-3H3. The van der Waals surface area contributed by atoms with Crippen LogP contribution in [0.1, 0.15) is 38.5 Å². The molecule has 2 rings (SSSR count). The van der Waals surface area contributed by atoms with Gasteiger partial charge in [0.15, 0.2) is 0 Å². The fraction of sp³-hybridized carbons (Fsp3) is 0.474. The van der Waals surface area contributed by atoms with E-state index in [4.69, 9.17) is 14.0 Å². The van der Waals surface area contributed by atoms with Crippen molar-refractivity contribution >= 4 is 5.97 Å². The highest BCUT2D eigenvalue weighted by atomic mass is 19.4. The van der Waals surface area contributed by atoms with Gasteiger partial charge in [0.25, 0.3) is 0 Å². The Hall–Kier alpha value is -2.51. The van der Waals surface area contributed by atoms with Crippen molar-refractivity contribution in [2.24, 2.45) is 5.92 Å². The van der Waals surface area contributed by atoms with E-state index in [-0.39, 0.29) is 41.7 Å². The van der Waals surface area contributed by atoms with E-state index in [2.05, 4.69) is 5.16 Å². The zero-order valence-electron chi connectivity index (χ0n) is 15.4. The number of rotatable bonds is 8. The minimum atomic E-state index is -4.59. The topological polar surface area (TPSA) is 61.6 Å². The van der Waals surface area contributed by atoms with Crippen LogP contribution in [0.25, 0.3) is 11.3 Å². The number of carbonyl (C=O) groups is 1. The Morgan fingerprint density at radius 1 is 1.26 bits per heavy atom. The summed E-state index contributed by atoms with van der Waals surface area (Å²) in [7, 11) is 0. The van der Waals surface area contributed by atoms with Crippen LogP contribution in [-0.4, -0.2) is 24.3 Å². The molecule has 0 radical (unpaired) electrons. The van der Waals surface area contributed by atoms with Gasteiger partial charge in [0.05, 0.1) is 18.8 Å². The molecule has 0 amide bonds. The third-order valence-corrected chi connectivity index (χ3v) is 3.50. The van der Waals surface area contributed by atoms with Crippen LogP contribution in [-0.2, 0) is 22.1 Å². The van der Waals surface area contributed by atoms with Crippen LogP contribution in [0.2, 0.25) is 0 Å². The van der Waals surface area contributed by atoms with Gasteiger partial charge in [0, 0.05) is 11.6 Å². The molecule has 8 heteroatoms. The van der Waals surface area contributed by atoms with E-state index in [1.165, 1.54) is 18.2 Å². The quantitative estimate of drug-likeness (QED) is 0.606. The van der Waals surface area contributed by atoms with E-state index in [1.54, 1.807) is 0 Å². The van der Waals surface area contributed by atoms with Gasteiger partial charge in [-0.15, -0.1) is 0 Å². The first-order valence-corrected chi connectivity index (χ1v) is 8.66. The molecule has 0 N–H and O–H groups in total. The third kappa shape index (κ3) is 6.01. The fourth-order valence-corrected chi connectivity index (χ4v) is 2.27. The number of alkyl halides is 3. The Morgan fingerprint density at radius 3 is 2.63 bits per heavy atom. The molecule has 0 aliphatic heterocycles. The highest BCUT2D eigenvalue weighted by Crippen LogP contribution is 2.39. The van der Waals surface area contributed by atoms with Crippen LogP contribution in [0.5, 0.6) is 5.75 Å². The van der Waals surface area contributed by atoms with Crippen molar-refractivity contribution in [1.29, 1.82) is 0 Å². The zero-order chi connectivity index (χ0) is 20.0. The maximum absolute atomic E-state index is 13.4. The normalized spacial score (nSPS) is 11.7. The number of hydrogen-bond acceptors (Lipinski definition) is 5. The Balaban J connectivity index is 2.22. The third-order valence-electron chi connectivity index (χ3n) is 3.50. The average Bonchev–Trinajstić information content (AvgIpc) is 3.05. The number of benzene rings is 1. The van der Waals surface area contributed by atoms with Gasteiger partial charge in [0.2, 0.25) is 0 Å². The Labute approximate surface area is 155 Å². The molecule has 0 saturated heterocycles. The number of esters is 1. The summed E-state index contributed by atoms with van der Waals surface area (Å²) in [5.41, 5.74) is -1.02. The summed E-state index contributed by atoms with van der Waals surface area (Å²) in [5.74, 6) is -0.0696. The van der Waals surface area contributed by atoms with Crippen LogP contribution < -0.4 is 4.74 Å². The minimum Gasteiger partial charge on any atom is -0.494 e. The summed E-state index contributed by atoms with van der Waals surface area (Å²) < 4.78 is 55.6.